The first-order valence-electron chi connectivity index (χ1n) is 7.20. The predicted octanol–water partition coefficient (Wildman–Crippen LogP) is 3.64. The number of rotatable bonds is 6. The van der Waals surface area contributed by atoms with E-state index in [4.69, 9.17) is 11.6 Å². The van der Waals surface area contributed by atoms with Crippen molar-refractivity contribution in [2.45, 2.75) is 40.3 Å². The quantitative estimate of drug-likeness (QED) is 0.826. The standard InChI is InChI=1S/C16H21ClFN3/c1-4-21-15(16(17)12(3)20-21)10-19-8-7-13-5-6-14(18)9-11(13)2/h5-6,9,19H,4,7-8,10H2,1-3H3. The Morgan fingerprint density at radius 3 is 2.76 bits per heavy atom. The molecule has 5 heteroatoms. The van der Waals surface area contributed by atoms with Gasteiger partial charge < -0.3 is 5.32 Å². The van der Waals surface area contributed by atoms with Crippen LogP contribution in [0.4, 0.5) is 4.39 Å². The molecule has 0 unspecified atom stereocenters. The maximum atomic E-state index is 13.0. The Morgan fingerprint density at radius 1 is 1.33 bits per heavy atom. The SMILES string of the molecule is CCn1nc(C)c(Cl)c1CNCCc1ccc(F)cc1C. The first kappa shape index (κ1) is 16.0. The van der Waals surface area contributed by atoms with Gasteiger partial charge in [-0.05, 0) is 57.0 Å². The number of aromatic nitrogens is 2. The van der Waals surface area contributed by atoms with Crippen LogP contribution in [0.2, 0.25) is 5.02 Å². The minimum absolute atomic E-state index is 0.182. The molecule has 0 fully saturated rings. The molecule has 0 spiro atoms. The lowest BCUT2D eigenvalue weighted by Crippen LogP contribution is -2.19. The molecule has 1 aromatic carbocycles. The number of nitrogens with one attached hydrogen (secondary N) is 1. The summed E-state index contributed by atoms with van der Waals surface area (Å²) >= 11 is 6.27. The van der Waals surface area contributed by atoms with Gasteiger partial charge in [0.2, 0.25) is 0 Å². The summed E-state index contributed by atoms with van der Waals surface area (Å²) in [6, 6.07) is 4.93. The van der Waals surface area contributed by atoms with E-state index in [1.54, 1.807) is 6.07 Å². The van der Waals surface area contributed by atoms with Gasteiger partial charge >= 0.3 is 0 Å². The zero-order valence-corrected chi connectivity index (χ0v) is 13.5. The van der Waals surface area contributed by atoms with Crippen LogP contribution in [0.25, 0.3) is 0 Å². The van der Waals surface area contributed by atoms with Crippen LogP contribution in [0.15, 0.2) is 18.2 Å². The Kier molecular flexibility index (Phi) is 5.37. The molecule has 2 aromatic rings. The lowest BCUT2D eigenvalue weighted by Gasteiger charge is -2.09. The maximum Gasteiger partial charge on any atom is 0.123 e. The number of hydrogen-bond acceptors (Lipinski definition) is 2. The Balaban J connectivity index is 1.90. The fourth-order valence-corrected chi connectivity index (χ4v) is 2.61. The maximum absolute atomic E-state index is 13.0. The van der Waals surface area contributed by atoms with Gasteiger partial charge in [0.25, 0.3) is 0 Å². The van der Waals surface area contributed by atoms with E-state index in [1.807, 2.05) is 31.5 Å². The van der Waals surface area contributed by atoms with E-state index in [1.165, 1.54) is 6.07 Å². The molecule has 1 heterocycles. The number of nitrogens with zero attached hydrogens (tertiary/aromatic N) is 2. The van der Waals surface area contributed by atoms with Gasteiger partial charge in [0, 0.05) is 13.1 Å². The molecular weight excluding hydrogens is 289 g/mol. The molecule has 0 aliphatic heterocycles. The highest BCUT2D eigenvalue weighted by Crippen LogP contribution is 2.20. The van der Waals surface area contributed by atoms with Crippen molar-refractivity contribution in [1.82, 2.24) is 15.1 Å². The highest BCUT2D eigenvalue weighted by Gasteiger charge is 2.11. The minimum atomic E-state index is -0.182. The number of aryl methyl sites for hydroxylation is 3. The highest BCUT2D eigenvalue weighted by molar-refractivity contribution is 6.31. The van der Waals surface area contributed by atoms with E-state index in [0.29, 0.717) is 6.54 Å². The second-order valence-corrected chi connectivity index (χ2v) is 5.54. The summed E-state index contributed by atoms with van der Waals surface area (Å²) in [5.74, 6) is -0.182. The van der Waals surface area contributed by atoms with Crippen molar-refractivity contribution in [3.8, 4) is 0 Å². The lowest BCUT2D eigenvalue weighted by molar-refractivity contribution is 0.579. The monoisotopic (exact) mass is 309 g/mol. The zero-order valence-electron chi connectivity index (χ0n) is 12.7. The second kappa shape index (κ2) is 7.05. The average Bonchev–Trinajstić information content (AvgIpc) is 2.72. The largest absolute Gasteiger partial charge is 0.311 e. The average molecular weight is 310 g/mol. The Hall–Kier alpha value is -1.39. The Morgan fingerprint density at radius 2 is 2.10 bits per heavy atom. The fraction of sp³-hybridized carbons (Fsp3) is 0.438. The first-order valence-corrected chi connectivity index (χ1v) is 7.58. The molecule has 3 nitrogen and oxygen atoms in total. The van der Waals surface area contributed by atoms with E-state index in [2.05, 4.69) is 10.4 Å². The van der Waals surface area contributed by atoms with Gasteiger partial charge in [0.05, 0.1) is 16.4 Å². The molecule has 0 saturated heterocycles. The third-order valence-electron chi connectivity index (χ3n) is 3.62. The second-order valence-electron chi connectivity index (χ2n) is 5.16. The summed E-state index contributed by atoms with van der Waals surface area (Å²) in [5.41, 5.74) is 4.04. The third-order valence-corrected chi connectivity index (χ3v) is 4.11. The summed E-state index contributed by atoms with van der Waals surface area (Å²) in [6.45, 7) is 8.21. The van der Waals surface area contributed by atoms with Gasteiger partial charge in [-0.25, -0.2) is 4.39 Å². The van der Waals surface area contributed by atoms with Crippen molar-refractivity contribution in [3.63, 3.8) is 0 Å². The molecule has 0 amide bonds. The van der Waals surface area contributed by atoms with Crippen LogP contribution in [-0.2, 0) is 19.5 Å². The molecule has 0 aliphatic carbocycles. The van der Waals surface area contributed by atoms with Crippen molar-refractivity contribution >= 4 is 11.6 Å². The molecule has 114 valence electrons. The predicted molar refractivity (Wildman–Crippen MR) is 84.2 cm³/mol. The van der Waals surface area contributed by atoms with Crippen LogP contribution >= 0.6 is 11.6 Å². The van der Waals surface area contributed by atoms with E-state index in [-0.39, 0.29) is 5.82 Å². The normalized spacial score (nSPS) is 11.1. The molecule has 0 bridgehead atoms. The van der Waals surface area contributed by atoms with Crippen molar-refractivity contribution < 1.29 is 4.39 Å². The number of halogens is 2. The van der Waals surface area contributed by atoms with Crippen molar-refractivity contribution in [2.24, 2.45) is 0 Å². The Bertz CT molecular complexity index is 622. The van der Waals surface area contributed by atoms with E-state index < -0.39 is 0 Å². The fourth-order valence-electron chi connectivity index (χ4n) is 2.41. The molecule has 21 heavy (non-hydrogen) atoms. The number of benzene rings is 1. The van der Waals surface area contributed by atoms with Crippen molar-refractivity contribution in [2.75, 3.05) is 6.54 Å². The first-order chi connectivity index (χ1) is 10.0. The van der Waals surface area contributed by atoms with Gasteiger partial charge in [0.1, 0.15) is 5.82 Å². The van der Waals surface area contributed by atoms with Gasteiger partial charge in [-0.3, -0.25) is 4.68 Å². The van der Waals surface area contributed by atoms with Crippen LogP contribution in [-0.4, -0.2) is 16.3 Å². The smallest absolute Gasteiger partial charge is 0.123 e. The van der Waals surface area contributed by atoms with E-state index in [9.17, 15) is 4.39 Å². The molecule has 0 atom stereocenters. The molecule has 1 aromatic heterocycles. The van der Waals surface area contributed by atoms with Gasteiger partial charge in [-0.2, -0.15) is 5.10 Å². The molecular formula is C16H21ClFN3. The summed E-state index contributed by atoms with van der Waals surface area (Å²) in [7, 11) is 0. The molecule has 1 N–H and O–H groups in total. The van der Waals surface area contributed by atoms with E-state index >= 15 is 0 Å². The summed E-state index contributed by atoms with van der Waals surface area (Å²) in [4.78, 5) is 0. The third kappa shape index (κ3) is 3.83. The van der Waals surface area contributed by atoms with Crippen LogP contribution < -0.4 is 5.32 Å². The van der Waals surface area contributed by atoms with Crippen molar-refractivity contribution in [1.29, 1.82) is 0 Å². The van der Waals surface area contributed by atoms with Crippen LogP contribution in [0, 0.1) is 19.7 Å². The van der Waals surface area contributed by atoms with Crippen LogP contribution in [0.3, 0.4) is 0 Å². The topological polar surface area (TPSA) is 29.9 Å². The summed E-state index contributed by atoms with van der Waals surface area (Å²) in [5, 5.41) is 8.51. The van der Waals surface area contributed by atoms with Gasteiger partial charge in [0.15, 0.2) is 0 Å². The van der Waals surface area contributed by atoms with Crippen LogP contribution in [0.1, 0.15) is 29.4 Å². The zero-order chi connectivity index (χ0) is 15.4. The van der Waals surface area contributed by atoms with E-state index in [0.717, 1.165) is 47.0 Å². The Labute approximate surface area is 130 Å². The molecule has 0 aliphatic rings. The summed E-state index contributed by atoms with van der Waals surface area (Å²) < 4.78 is 15.0. The highest BCUT2D eigenvalue weighted by atomic mass is 35.5. The molecule has 0 saturated carbocycles. The van der Waals surface area contributed by atoms with Gasteiger partial charge in [-0.1, -0.05) is 17.7 Å². The minimum Gasteiger partial charge on any atom is -0.311 e. The number of hydrogen-bond donors (Lipinski definition) is 1. The van der Waals surface area contributed by atoms with Crippen LogP contribution in [0.5, 0.6) is 0 Å². The molecule has 2 rings (SSSR count). The summed E-state index contributed by atoms with van der Waals surface area (Å²) in [6.07, 6.45) is 0.864. The molecule has 0 radical (unpaired) electrons. The van der Waals surface area contributed by atoms with Crippen molar-refractivity contribution in [3.05, 3.63) is 51.6 Å². The lowest BCUT2D eigenvalue weighted by atomic mass is 10.1. The van der Waals surface area contributed by atoms with Gasteiger partial charge in [-0.15, -0.1) is 0 Å².